The molecule has 2 aromatic carbocycles. The van der Waals surface area contributed by atoms with E-state index in [4.69, 9.17) is 4.74 Å². The Bertz CT molecular complexity index is 711. The molecule has 4 atom stereocenters. The molecule has 2 aliphatic rings. The summed E-state index contributed by atoms with van der Waals surface area (Å²) in [7, 11) is 1.74. The van der Waals surface area contributed by atoms with Crippen molar-refractivity contribution < 1.29 is 4.74 Å². The largest absolute Gasteiger partial charge is 0.497 e. The molecule has 0 radical (unpaired) electrons. The molecule has 1 aliphatic heterocycles. The third-order valence-electron chi connectivity index (χ3n) is 6.93. The second kappa shape index (κ2) is 8.48. The molecule has 2 fully saturated rings. The lowest BCUT2D eigenvalue weighted by molar-refractivity contribution is 0.0155. The molecule has 4 rings (SSSR count). The van der Waals surface area contributed by atoms with Gasteiger partial charge in [-0.1, -0.05) is 42.5 Å². The van der Waals surface area contributed by atoms with Gasteiger partial charge >= 0.3 is 0 Å². The van der Waals surface area contributed by atoms with Gasteiger partial charge in [0.05, 0.1) is 7.11 Å². The van der Waals surface area contributed by atoms with E-state index in [1.54, 1.807) is 7.11 Å². The maximum atomic E-state index is 5.29. The van der Waals surface area contributed by atoms with E-state index in [0.717, 1.165) is 23.6 Å². The molecule has 0 amide bonds. The first-order valence-corrected chi connectivity index (χ1v) is 10.7. The Hall–Kier alpha value is -1.80. The molecule has 1 heterocycles. The Labute approximate surface area is 164 Å². The van der Waals surface area contributed by atoms with Crippen molar-refractivity contribution in [3.05, 3.63) is 65.7 Å². The van der Waals surface area contributed by atoms with E-state index >= 15 is 0 Å². The minimum Gasteiger partial charge on any atom is -0.497 e. The van der Waals surface area contributed by atoms with Crippen molar-refractivity contribution in [2.45, 2.75) is 57.5 Å². The number of rotatable bonds is 5. The average Bonchev–Trinajstić information content (AvgIpc) is 2.74. The fourth-order valence-electron chi connectivity index (χ4n) is 5.48. The highest BCUT2D eigenvalue weighted by atomic mass is 16.5. The van der Waals surface area contributed by atoms with Crippen molar-refractivity contribution in [3.8, 4) is 5.75 Å². The van der Waals surface area contributed by atoms with Crippen molar-refractivity contribution >= 4 is 0 Å². The van der Waals surface area contributed by atoms with Gasteiger partial charge in [0.25, 0.3) is 0 Å². The summed E-state index contributed by atoms with van der Waals surface area (Å²) in [5, 5.41) is 0. The van der Waals surface area contributed by atoms with Crippen molar-refractivity contribution in [1.82, 2.24) is 4.90 Å². The van der Waals surface area contributed by atoms with Crippen molar-refractivity contribution in [1.29, 1.82) is 0 Å². The van der Waals surface area contributed by atoms with E-state index in [-0.39, 0.29) is 0 Å². The summed E-state index contributed by atoms with van der Waals surface area (Å²) in [5.41, 5.74) is 2.93. The minimum absolute atomic E-state index is 0.539. The number of nitrogens with zero attached hydrogens (tertiary/aromatic N) is 1. The molecule has 144 valence electrons. The number of fused-ring (bicyclic) bond motifs is 1. The summed E-state index contributed by atoms with van der Waals surface area (Å²) in [6.45, 7) is 3.67. The van der Waals surface area contributed by atoms with Crippen LogP contribution in [0.3, 0.4) is 0 Å². The van der Waals surface area contributed by atoms with Gasteiger partial charge in [-0.15, -0.1) is 0 Å². The minimum atomic E-state index is 0.539. The number of hydrogen-bond donors (Lipinski definition) is 0. The Kier molecular flexibility index (Phi) is 5.83. The maximum absolute atomic E-state index is 5.29. The molecule has 0 N–H and O–H groups in total. The Balaban J connectivity index is 1.39. The number of likely N-dealkylation sites (tertiary alicyclic amines) is 1. The summed E-state index contributed by atoms with van der Waals surface area (Å²) >= 11 is 0. The normalized spacial score (nSPS) is 27.0. The van der Waals surface area contributed by atoms with Crippen LogP contribution in [0, 0.1) is 11.8 Å². The van der Waals surface area contributed by atoms with Crippen LogP contribution in [-0.2, 0) is 6.42 Å². The van der Waals surface area contributed by atoms with E-state index in [2.05, 4.69) is 66.4 Å². The maximum Gasteiger partial charge on any atom is 0.118 e. The summed E-state index contributed by atoms with van der Waals surface area (Å²) in [4.78, 5) is 2.81. The van der Waals surface area contributed by atoms with Gasteiger partial charge in [-0.2, -0.15) is 0 Å². The average molecular weight is 364 g/mol. The Morgan fingerprint density at radius 3 is 2.52 bits per heavy atom. The van der Waals surface area contributed by atoms with Gasteiger partial charge < -0.3 is 4.74 Å². The van der Waals surface area contributed by atoms with Crippen LogP contribution in [0.1, 0.15) is 56.2 Å². The van der Waals surface area contributed by atoms with Gasteiger partial charge in [-0.05, 0) is 87.1 Å². The first-order valence-electron chi connectivity index (χ1n) is 10.7. The van der Waals surface area contributed by atoms with E-state index in [9.17, 15) is 0 Å². The van der Waals surface area contributed by atoms with Crippen LogP contribution < -0.4 is 4.74 Å². The SMILES string of the molecule is COc1ccc(C[C@H]2CC[C@@H]3[C@@H](CCCN3[C@H](C)c3ccccc3)C2)cc1. The van der Waals surface area contributed by atoms with E-state index in [1.807, 2.05) is 0 Å². The van der Waals surface area contributed by atoms with Crippen molar-refractivity contribution in [2.24, 2.45) is 11.8 Å². The van der Waals surface area contributed by atoms with Crippen molar-refractivity contribution in [3.63, 3.8) is 0 Å². The zero-order valence-corrected chi connectivity index (χ0v) is 16.8. The number of ether oxygens (including phenoxy) is 1. The summed E-state index contributed by atoms with van der Waals surface area (Å²) < 4.78 is 5.29. The van der Waals surface area contributed by atoms with Gasteiger partial charge in [0, 0.05) is 12.1 Å². The first kappa shape index (κ1) is 18.6. The molecule has 0 spiro atoms. The monoisotopic (exact) mass is 363 g/mol. The second-order valence-corrected chi connectivity index (χ2v) is 8.53. The zero-order valence-electron chi connectivity index (χ0n) is 16.8. The molecule has 1 aliphatic carbocycles. The number of methoxy groups -OCH3 is 1. The zero-order chi connectivity index (χ0) is 18.6. The van der Waals surface area contributed by atoms with Gasteiger partial charge in [0.1, 0.15) is 5.75 Å². The molecule has 27 heavy (non-hydrogen) atoms. The number of benzene rings is 2. The Morgan fingerprint density at radius 1 is 1.00 bits per heavy atom. The third kappa shape index (κ3) is 4.21. The highest BCUT2D eigenvalue weighted by Gasteiger charge is 2.38. The second-order valence-electron chi connectivity index (χ2n) is 8.53. The standard InChI is InChI=1S/C25H33NO/c1-19(22-7-4-3-5-8-22)26-16-6-9-23-18-21(12-15-25(23)26)17-20-10-13-24(27-2)14-11-20/h3-5,7-8,10-11,13-14,19,21,23,25H,6,9,12,15-18H2,1-2H3/t19-,21-,23+,25-/m1/s1. The van der Waals surface area contributed by atoms with Crippen LogP contribution in [0.4, 0.5) is 0 Å². The lowest BCUT2D eigenvalue weighted by atomic mass is 9.71. The van der Waals surface area contributed by atoms with Crippen molar-refractivity contribution in [2.75, 3.05) is 13.7 Å². The van der Waals surface area contributed by atoms with Crippen LogP contribution in [0.2, 0.25) is 0 Å². The molecular weight excluding hydrogens is 330 g/mol. The fraction of sp³-hybridized carbons (Fsp3) is 0.520. The molecule has 2 nitrogen and oxygen atoms in total. The van der Waals surface area contributed by atoms with E-state index in [1.165, 1.54) is 56.2 Å². The fourth-order valence-corrected chi connectivity index (χ4v) is 5.48. The quantitative estimate of drug-likeness (QED) is 0.658. The molecule has 0 bridgehead atoms. The van der Waals surface area contributed by atoms with Gasteiger partial charge in [0.2, 0.25) is 0 Å². The van der Waals surface area contributed by atoms with E-state index < -0.39 is 0 Å². The molecule has 1 saturated carbocycles. The lowest BCUT2D eigenvalue weighted by Crippen LogP contribution is -2.49. The molecular formula is C25H33NO. The number of hydrogen-bond acceptors (Lipinski definition) is 2. The predicted octanol–water partition coefficient (Wildman–Crippen LogP) is 5.88. The van der Waals surface area contributed by atoms with Crippen LogP contribution in [0.25, 0.3) is 0 Å². The molecule has 0 unspecified atom stereocenters. The third-order valence-corrected chi connectivity index (χ3v) is 6.93. The van der Waals surface area contributed by atoms with E-state index in [0.29, 0.717) is 6.04 Å². The number of piperidine rings is 1. The summed E-state index contributed by atoms with van der Waals surface area (Å²) in [5.74, 6) is 2.67. The topological polar surface area (TPSA) is 12.5 Å². The molecule has 2 aromatic rings. The first-order chi connectivity index (χ1) is 13.2. The molecule has 0 aromatic heterocycles. The van der Waals surface area contributed by atoms with Crippen LogP contribution in [0.5, 0.6) is 5.75 Å². The smallest absolute Gasteiger partial charge is 0.118 e. The van der Waals surface area contributed by atoms with Gasteiger partial charge in [0.15, 0.2) is 0 Å². The molecule has 2 heteroatoms. The van der Waals surface area contributed by atoms with Gasteiger partial charge in [-0.25, -0.2) is 0 Å². The highest BCUT2D eigenvalue weighted by Crippen LogP contribution is 2.42. The lowest BCUT2D eigenvalue weighted by Gasteiger charge is -2.48. The predicted molar refractivity (Wildman–Crippen MR) is 112 cm³/mol. The highest BCUT2D eigenvalue weighted by molar-refractivity contribution is 5.27. The Morgan fingerprint density at radius 2 is 1.78 bits per heavy atom. The molecule has 1 saturated heterocycles. The summed E-state index contributed by atoms with van der Waals surface area (Å²) in [6.07, 6.45) is 8.12. The van der Waals surface area contributed by atoms with Crippen LogP contribution in [-0.4, -0.2) is 24.6 Å². The summed E-state index contributed by atoms with van der Waals surface area (Å²) in [6, 6.07) is 21.1. The van der Waals surface area contributed by atoms with Gasteiger partial charge in [-0.3, -0.25) is 4.90 Å². The van der Waals surface area contributed by atoms with Crippen LogP contribution >= 0.6 is 0 Å². The van der Waals surface area contributed by atoms with Crippen LogP contribution in [0.15, 0.2) is 54.6 Å².